The maximum Gasteiger partial charge on any atom is 0.0508 e. The van der Waals surface area contributed by atoms with Crippen LogP contribution < -0.4 is 4.90 Å². The highest BCUT2D eigenvalue weighted by Crippen LogP contribution is 2.46. The fourth-order valence-corrected chi connectivity index (χ4v) is 1.73. The van der Waals surface area contributed by atoms with Crippen LogP contribution in [0.1, 0.15) is 5.56 Å². The lowest BCUT2D eigenvalue weighted by Gasteiger charge is -2.39. The van der Waals surface area contributed by atoms with E-state index in [-0.39, 0.29) is 0 Å². The molecule has 1 aromatic carbocycles. The molecule has 3 heterocycles. The van der Waals surface area contributed by atoms with Crippen LogP contribution in [0, 0.1) is 0 Å². The molecule has 0 saturated carbocycles. The van der Waals surface area contributed by atoms with Crippen molar-refractivity contribution in [1.82, 2.24) is 0 Å². The Morgan fingerprint density at radius 3 is 2.50 bits per heavy atom. The zero-order chi connectivity index (χ0) is 6.55. The highest BCUT2D eigenvalue weighted by molar-refractivity contribution is 5.95. The summed E-state index contributed by atoms with van der Waals surface area (Å²) in [5.41, 5.74) is 4.23. The minimum absolute atomic E-state index is 1.06. The minimum Gasteiger partial charge on any atom is -0.336 e. The fraction of sp³-hybridized carbons (Fsp3) is 0.111. The molecule has 3 aliphatic heterocycles. The maximum absolute atomic E-state index is 2.33. The first-order valence-corrected chi connectivity index (χ1v) is 3.54. The van der Waals surface area contributed by atoms with E-state index in [0.717, 1.165) is 6.54 Å². The number of hydrogen-bond acceptors (Lipinski definition) is 1. The van der Waals surface area contributed by atoms with Crippen LogP contribution in [0.3, 0.4) is 0 Å². The lowest BCUT2D eigenvalue weighted by Crippen LogP contribution is -2.29. The van der Waals surface area contributed by atoms with Crippen molar-refractivity contribution in [3.05, 3.63) is 29.8 Å². The Hall–Kier alpha value is -1.24. The number of hydrogen-bond donors (Lipinski definition) is 0. The number of rotatable bonds is 0. The van der Waals surface area contributed by atoms with Gasteiger partial charge in [0.15, 0.2) is 0 Å². The van der Waals surface area contributed by atoms with Crippen LogP contribution in [0.5, 0.6) is 0 Å². The molecule has 0 aliphatic carbocycles. The molecule has 0 N–H and O–H groups in total. The third kappa shape index (κ3) is 0.313. The average Bonchev–Trinajstić information content (AvgIpc) is 2.08. The fourth-order valence-electron chi connectivity index (χ4n) is 1.73. The van der Waals surface area contributed by atoms with Crippen molar-refractivity contribution in [2.45, 2.75) is 0 Å². The number of anilines is 2. The van der Waals surface area contributed by atoms with Gasteiger partial charge in [0, 0.05) is 12.1 Å². The van der Waals surface area contributed by atoms with E-state index in [1.54, 1.807) is 0 Å². The Kier molecular flexibility index (Phi) is 0.575. The molecule has 1 nitrogen and oxygen atoms in total. The first-order chi connectivity index (χ1) is 4.97. The summed E-state index contributed by atoms with van der Waals surface area (Å²) < 4.78 is 0. The van der Waals surface area contributed by atoms with E-state index in [0.29, 0.717) is 0 Å². The van der Waals surface area contributed by atoms with E-state index in [9.17, 15) is 0 Å². The number of benzene rings is 1. The SMILES string of the molecule is C1=CC2=C3C=CCN2C3=C1. The smallest absolute Gasteiger partial charge is 0.0508 e. The second kappa shape index (κ2) is 1.26. The van der Waals surface area contributed by atoms with Crippen LogP contribution in [0.4, 0.5) is 11.4 Å². The quantitative estimate of drug-likeness (QED) is 0.519. The van der Waals surface area contributed by atoms with E-state index < -0.39 is 0 Å². The lowest BCUT2D eigenvalue weighted by atomic mass is 9.96. The zero-order valence-corrected chi connectivity index (χ0v) is 5.54. The van der Waals surface area contributed by atoms with Crippen LogP contribution in [0.15, 0.2) is 24.3 Å². The lowest BCUT2D eigenvalue weighted by molar-refractivity contribution is 1.02. The van der Waals surface area contributed by atoms with Crippen LogP contribution in [0.2, 0.25) is 0 Å². The van der Waals surface area contributed by atoms with Gasteiger partial charge < -0.3 is 4.90 Å². The predicted molar refractivity (Wildman–Crippen MR) is 42.5 cm³/mol. The summed E-state index contributed by atoms with van der Waals surface area (Å²) in [4.78, 5) is 2.33. The summed E-state index contributed by atoms with van der Waals surface area (Å²) >= 11 is 0. The Labute approximate surface area is 59.6 Å². The van der Waals surface area contributed by atoms with E-state index in [2.05, 4.69) is 35.3 Å². The van der Waals surface area contributed by atoms with Gasteiger partial charge in [-0.1, -0.05) is 18.2 Å². The van der Waals surface area contributed by atoms with Gasteiger partial charge in [0.1, 0.15) is 0 Å². The molecule has 0 aromatic heterocycles. The zero-order valence-electron chi connectivity index (χ0n) is 5.54. The van der Waals surface area contributed by atoms with Gasteiger partial charge in [-0.2, -0.15) is 0 Å². The first-order valence-electron chi connectivity index (χ1n) is 3.54. The summed E-state index contributed by atoms with van der Waals surface area (Å²) in [5.74, 6) is 0. The molecule has 0 saturated heterocycles. The average molecular weight is 129 g/mol. The molecule has 0 fully saturated rings. The van der Waals surface area contributed by atoms with Gasteiger partial charge in [0.2, 0.25) is 0 Å². The predicted octanol–water partition coefficient (Wildman–Crippen LogP) is 2.16. The molecule has 0 atom stereocenters. The Bertz CT molecular complexity index is 303. The minimum atomic E-state index is 1.06. The van der Waals surface area contributed by atoms with Crippen LogP contribution in [0.25, 0.3) is 6.08 Å². The molecule has 4 bridgehead atoms. The van der Waals surface area contributed by atoms with Crippen molar-refractivity contribution < 1.29 is 0 Å². The van der Waals surface area contributed by atoms with Crippen molar-refractivity contribution >= 4 is 17.5 Å². The molecule has 10 heavy (non-hydrogen) atoms. The number of fused-ring (bicyclic) bond motifs is 2. The Balaban J connectivity index is 2.41. The van der Waals surface area contributed by atoms with Gasteiger partial charge in [0.25, 0.3) is 0 Å². The molecule has 3 aliphatic rings. The van der Waals surface area contributed by atoms with Crippen LogP contribution in [-0.2, 0) is 0 Å². The van der Waals surface area contributed by atoms with E-state index in [1.165, 1.54) is 16.9 Å². The molecule has 1 aromatic rings. The summed E-state index contributed by atoms with van der Waals surface area (Å²) in [5, 5.41) is 0. The molecular weight excluding hydrogens is 122 g/mol. The molecule has 0 amide bonds. The van der Waals surface area contributed by atoms with E-state index in [4.69, 9.17) is 0 Å². The van der Waals surface area contributed by atoms with Crippen LogP contribution in [-0.4, -0.2) is 6.54 Å². The van der Waals surface area contributed by atoms with Gasteiger partial charge in [-0.25, -0.2) is 0 Å². The summed E-state index contributed by atoms with van der Waals surface area (Å²) in [6.07, 6.45) is 4.42. The molecule has 48 valence electrons. The van der Waals surface area contributed by atoms with Crippen LogP contribution >= 0.6 is 0 Å². The van der Waals surface area contributed by atoms with Crippen molar-refractivity contribution in [1.29, 1.82) is 0 Å². The van der Waals surface area contributed by atoms with Gasteiger partial charge in [0.05, 0.1) is 11.4 Å². The molecule has 0 spiro atoms. The van der Waals surface area contributed by atoms with Gasteiger partial charge in [-0.15, -0.1) is 0 Å². The Morgan fingerprint density at radius 2 is 2.00 bits per heavy atom. The molecule has 0 radical (unpaired) electrons. The third-order valence-corrected chi connectivity index (χ3v) is 2.21. The van der Waals surface area contributed by atoms with Crippen molar-refractivity contribution in [3.8, 4) is 0 Å². The van der Waals surface area contributed by atoms with E-state index in [1.807, 2.05) is 0 Å². The van der Waals surface area contributed by atoms with Gasteiger partial charge in [-0.05, 0) is 12.1 Å². The highest BCUT2D eigenvalue weighted by Gasteiger charge is 2.27. The monoisotopic (exact) mass is 129 g/mol. The van der Waals surface area contributed by atoms with Crippen molar-refractivity contribution in [2.24, 2.45) is 0 Å². The van der Waals surface area contributed by atoms with E-state index >= 15 is 0 Å². The van der Waals surface area contributed by atoms with Gasteiger partial charge >= 0.3 is 0 Å². The maximum atomic E-state index is 2.33. The first kappa shape index (κ1) is 4.56. The summed E-state index contributed by atoms with van der Waals surface area (Å²) in [7, 11) is 0. The normalized spacial score (nSPS) is 17.0. The topological polar surface area (TPSA) is 3.24 Å². The largest absolute Gasteiger partial charge is 0.336 e. The highest BCUT2D eigenvalue weighted by atomic mass is 15.2. The second-order valence-corrected chi connectivity index (χ2v) is 2.72. The summed E-state index contributed by atoms with van der Waals surface area (Å²) in [6, 6.07) is 6.46. The van der Waals surface area contributed by atoms with Gasteiger partial charge in [-0.3, -0.25) is 0 Å². The molecular formula is C9H7N. The van der Waals surface area contributed by atoms with Crippen molar-refractivity contribution in [3.63, 3.8) is 0 Å². The standard InChI is InChI=1S/C9H7N/c1-4-8-7-3-2-6-10(8)9(7)5-1/h1-5H,6H2. The second-order valence-electron chi connectivity index (χ2n) is 2.72. The third-order valence-electron chi connectivity index (χ3n) is 2.21. The summed E-state index contributed by atoms with van der Waals surface area (Å²) in [6.45, 7) is 1.06. The number of nitrogens with zero attached hydrogens (tertiary/aromatic N) is 1. The molecule has 0 unspecified atom stereocenters. The molecule has 1 heteroatoms. The Morgan fingerprint density at radius 1 is 1.20 bits per heavy atom. The van der Waals surface area contributed by atoms with Crippen molar-refractivity contribution in [2.75, 3.05) is 11.4 Å². The molecule has 4 rings (SSSR count).